The van der Waals surface area contributed by atoms with E-state index in [1.165, 1.54) is 32.7 Å². The SMILES string of the molecule is COc1ccc2c(C(=O)c3cc(OC)c(OC)c(OC)c3)c(-c3ccc(OC)c(OC(C)C)c3)sc2c1. The Kier molecular flexibility index (Phi) is 7.78. The first-order chi connectivity index (χ1) is 17.8. The third-order valence-corrected chi connectivity index (χ3v) is 7.04. The van der Waals surface area contributed by atoms with Crippen LogP contribution in [0.4, 0.5) is 0 Å². The maximum atomic E-state index is 14.2. The van der Waals surface area contributed by atoms with Crippen LogP contribution in [0.2, 0.25) is 0 Å². The van der Waals surface area contributed by atoms with Crippen molar-refractivity contribution in [3.8, 4) is 44.9 Å². The molecule has 194 valence electrons. The minimum atomic E-state index is -0.173. The summed E-state index contributed by atoms with van der Waals surface area (Å²) < 4.78 is 34.3. The van der Waals surface area contributed by atoms with Gasteiger partial charge in [0.15, 0.2) is 28.8 Å². The van der Waals surface area contributed by atoms with E-state index in [4.69, 9.17) is 28.4 Å². The summed E-state index contributed by atoms with van der Waals surface area (Å²) in [6.45, 7) is 3.91. The Balaban J connectivity index is 1.96. The molecule has 4 aromatic rings. The molecule has 7 nitrogen and oxygen atoms in total. The van der Waals surface area contributed by atoms with Crippen LogP contribution in [0.15, 0.2) is 48.5 Å². The summed E-state index contributed by atoms with van der Waals surface area (Å²) in [6.07, 6.45) is -0.0452. The van der Waals surface area contributed by atoms with Crippen LogP contribution in [0.25, 0.3) is 20.5 Å². The van der Waals surface area contributed by atoms with Crippen LogP contribution in [-0.2, 0) is 0 Å². The summed E-state index contributed by atoms with van der Waals surface area (Å²) >= 11 is 1.51. The summed E-state index contributed by atoms with van der Waals surface area (Å²) in [5.41, 5.74) is 1.82. The highest BCUT2D eigenvalue weighted by Gasteiger charge is 2.25. The Morgan fingerprint density at radius 3 is 1.97 bits per heavy atom. The maximum Gasteiger partial charge on any atom is 0.203 e. The van der Waals surface area contributed by atoms with E-state index in [0.29, 0.717) is 45.6 Å². The lowest BCUT2D eigenvalue weighted by Crippen LogP contribution is -2.07. The number of methoxy groups -OCH3 is 5. The molecule has 0 aliphatic heterocycles. The second kappa shape index (κ2) is 11.0. The number of carbonyl (C=O) groups excluding carboxylic acids is 1. The Labute approximate surface area is 220 Å². The van der Waals surface area contributed by atoms with Gasteiger partial charge in [-0.25, -0.2) is 0 Å². The van der Waals surface area contributed by atoms with Crippen LogP contribution in [0.3, 0.4) is 0 Å². The van der Waals surface area contributed by atoms with Gasteiger partial charge in [-0.1, -0.05) is 0 Å². The lowest BCUT2D eigenvalue weighted by molar-refractivity contribution is 0.104. The Bertz CT molecular complexity index is 1410. The molecular formula is C29H30O7S. The molecule has 0 atom stereocenters. The van der Waals surface area contributed by atoms with E-state index in [9.17, 15) is 4.79 Å². The van der Waals surface area contributed by atoms with Crippen molar-refractivity contribution in [2.75, 3.05) is 35.5 Å². The van der Waals surface area contributed by atoms with Crippen LogP contribution in [-0.4, -0.2) is 47.4 Å². The molecule has 0 amide bonds. The molecule has 1 aromatic heterocycles. The highest BCUT2D eigenvalue weighted by molar-refractivity contribution is 7.22. The number of hydrogen-bond acceptors (Lipinski definition) is 8. The van der Waals surface area contributed by atoms with Crippen LogP contribution in [0.5, 0.6) is 34.5 Å². The molecule has 0 saturated heterocycles. The molecule has 3 aromatic carbocycles. The van der Waals surface area contributed by atoms with E-state index in [1.54, 1.807) is 26.4 Å². The molecule has 8 heteroatoms. The third kappa shape index (κ3) is 5.02. The smallest absolute Gasteiger partial charge is 0.203 e. The summed E-state index contributed by atoms with van der Waals surface area (Å²) in [5, 5.41) is 0.821. The van der Waals surface area contributed by atoms with Crippen molar-refractivity contribution in [2.24, 2.45) is 0 Å². The first-order valence-electron chi connectivity index (χ1n) is 11.6. The predicted octanol–water partition coefficient (Wildman–Crippen LogP) is 6.63. The number of carbonyl (C=O) groups is 1. The molecule has 0 aliphatic rings. The predicted molar refractivity (Wildman–Crippen MR) is 146 cm³/mol. The lowest BCUT2D eigenvalue weighted by atomic mass is 9.97. The van der Waals surface area contributed by atoms with E-state index >= 15 is 0 Å². The van der Waals surface area contributed by atoms with E-state index < -0.39 is 0 Å². The molecule has 0 saturated carbocycles. The van der Waals surface area contributed by atoms with Gasteiger partial charge < -0.3 is 28.4 Å². The highest BCUT2D eigenvalue weighted by atomic mass is 32.1. The zero-order valence-electron chi connectivity index (χ0n) is 22.0. The topological polar surface area (TPSA) is 72.5 Å². The van der Waals surface area contributed by atoms with Crippen LogP contribution < -0.4 is 28.4 Å². The molecule has 0 aliphatic carbocycles. The van der Waals surface area contributed by atoms with Gasteiger partial charge >= 0.3 is 0 Å². The van der Waals surface area contributed by atoms with Gasteiger partial charge in [-0.05, 0) is 67.9 Å². The molecule has 0 unspecified atom stereocenters. The van der Waals surface area contributed by atoms with Gasteiger partial charge in [0.1, 0.15) is 5.75 Å². The van der Waals surface area contributed by atoms with Crippen molar-refractivity contribution in [3.63, 3.8) is 0 Å². The van der Waals surface area contributed by atoms with Crippen LogP contribution >= 0.6 is 11.3 Å². The minimum Gasteiger partial charge on any atom is -0.497 e. The van der Waals surface area contributed by atoms with Crippen LogP contribution in [0.1, 0.15) is 29.8 Å². The van der Waals surface area contributed by atoms with Crippen LogP contribution in [0, 0.1) is 0 Å². The largest absolute Gasteiger partial charge is 0.497 e. The van der Waals surface area contributed by atoms with E-state index in [2.05, 4.69) is 0 Å². The fraction of sp³-hybridized carbons (Fsp3) is 0.276. The summed E-state index contributed by atoms with van der Waals surface area (Å²) in [6, 6.07) is 14.7. The first-order valence-corrected chi connectivity index (χ1v) is 12.5. The number of hydrogen-bond donors (Lipinski definition) is 0. The number of ether oxygens (including phenoxy) is 6. The molecule has 1 heterocycles. The number of fused-ring (bicyclic) bond motifs is 1. The number of thiophene rings is 1. The lowest BCUT2D eigenvalue weighted by Gasteiger charge is -2.15. The van der Waals surface area contributed by atoms with Gasteiger partial charge in [0.2, 0.25) is 5.75 Å². The highest BCUT2D eigenvalue weighted by Crippen LogP contribution is 2.45. The van der Waals surface area contributed by atoms with E-state index in [0.717, 1.165) is 20.5 Å². The second-order valence-corrected chi connectivity index (χ2v) is 9.50. The van der Waals surface area contributed by atoms with Gasteiger partial charge in [-0.3, -0.25) is 4.79 Å². The average molecular weight is 523 g/mol. The normalized spacial score (nSPS) is 10.9. The average Bonchev–Trinajstić information content (AvgIpc) is 3.29. The van der Waals surface area contributed by atoms with Crippen molar-refractivity contribution >= 4 is 27.2 Å². The quantitative estimate of drug-likeness (QED) is 0.217. The Hall–Kier alpha value is -3.91. The molecule has 0 bridgehead atoms. The Morgan fingerprint density at radius 1 is 0.730 bits per heavy atom. The van der Waals surface area contributed by atoms with Crippen molar-refractivity contribution in [1.29, 1.82) is 0 Å². The van der Waals surface area contributed by atoms with Crippen molar-refractivity contribution in [3.05, 3.63) is 59.7 Å². The zero-order chi connectivity index (χ0) is 26.7. The summed E-state index contributed by atoms with van der Waals surface area (Å²) in [7, 11) is 7.80. The fourth-order valence-corrected chi connectivity index (χ4v) is 5.38. The number of ketones is 1. The van der Waals surface area contributed by atoms with Crippen molar-refractivity contribution < 1.29 is 33.2 Å². The number of benzene rings is 3. The molecule has 37 heavy (non-hydrogen) atoms. The Morgan fingerprint density at radius 2 is 1.41 bits per heavy atom. The molecule has 0 spiro atoms. The second-order valence-electron chi connectivity index (χ2n) is 8.44. The number of rotatable bonds is 10. The van der Waals surface area contributed by atoms with Gasteiger partial charge in [0, 0.05) is 26.1 Å². The first kappa shape index (κ1) is 26.2. The van der Waals surface area contributed by atoms with E-state index in [1.807, 2.05) is 50.2 Å². The summed E-state index contributed by atoms with van der Waals surface area (Å²) in [5.74, 6) is 3.01. The van der Waals surface area contributed by atoms with E-state index in [-0.39, 0.29) is 11.9 Å². The third-order valence-electron chi connectivity index (χ3n) is 5.84. The minimum absolute atomic E-state index is 0.0452. The standard InChI is InChI=1S/C29H30O7S/c1-16(2)36-22-12-17(8-11-21(22)32-4)29-26(20-10-9-19(31-3)15-25(20)37-29)27(30)18-13-23(33-5)28(35-7)24(14-18)34-6/h8-16H,1-7H3. The molecule has 0 fully saturated rings. The van der Waals surface area contributed by atoms with Gasteiger partial charge in [0.05, 0.1) is 41.7 Å². The van der Waals surface area contributed by atoms with Crippen molar-refractivity contribution in [1.82, 2.24) is 0 Å². The molecule has 0 N–H and O–H groups in total. The van der Waals surface area contributed by atoms with Crippen molar-refractivity contribution in [2.45, 2.75) is 20.0 Å². The van der Waals surface area contributed by atoms with Gasteiger partial charge in [-0.2, -0.15) is 0 Å². The molecule has 0 radical (unpaired) electrons. The zero-order valence-corrected chi connectivity index (χ0v) is 22.8. The van der Waals surface area contributed by atoms with Gasteiger partial charge in [-0.15, -0.1) is 11.3 Å². The summed E-state index contributed by atoms with van der Waals surface area (Å²) in [4.78, 5) is 15.0. The monoisotopic (exact) mass is 522 g/mol. The molecular weight excluding hydrogens is 492 g/mol. The fourth-order valence-electron chi connectivity index (χ4n) is 4.15. The molecule has 4 rings (SSSR count). The van der Waals surface area contributed by atoms with Gasteiger partial charge in [0.25, 0.3) is 0 Å². The maximum absolute atomic E-state index is 14.2.